The van der Waals surface area contributed by atoms with Gasteiger partial charge in [-0.15, -0.1) is 11.3 Å². The summed E-state index contributed by atoms with van der Waals surface area (Å²) in [5, 5.41) is 7.76. The molecular weight excluding hydrogens is 284 g/mol. The minimum absolute atomic E-state index is 0.0368. The van der Waals surface area contributed by atoms with E-state index >= 15 is 0 Å². The highest BCUT2D eigenvalue weighted by Crippen LogP contribution is 2.07. The van der Waals surface area contributed by atoms with Gasteiger partial charge < -0.3 is 10.6 Å². The van der Waals surface area contributed by atoms with Gasteiger partial charge >= 0.3 is 0 Å². The number of nitrogens with one attached hydrogen (secondary N) is 2. The van der Waals surface area contributed by atoms with Gasteiger partial charge in [0.25, 0.3) is 0 Å². The number of thiophene rings is 1. The summed E-state index contributed by atoms with van der Waals surface area (Å²) in [6.45, 7) is 4.73. The second-order valence-electron chi connectivity index (χ2n) is 5.32. The van der Waals surface area contributed by atoms with E-state index in [9.17, 15) is 9.59 Å². The van der Waals surface area contributed by atoms with Crippen molar-refractivity contribution in [2.45, 2.75) is 65.0 Å². The highest BCUT2D eigenvalue weighted by atomic mass is 32.1. The van der Waals surface area contributed by atoms with Crippen LogP contribution in [0.3, 0.4) is 0 Å². The van der Waals surface area contributed by atoms with Crippen molar-refractivity contribution in [3.8, 4) is 0 Å². The molecule has 118 valence electrons. The van der Waals surface area contributed by atoms with Crippen LogP contribution in [-0.4, -0.2) is 17.9 Å². The molecule has 1 aromatic heterocycles. The van der Waals surface area contributed by atoms with Crippen molar-refractivity contribution in [3.05, 3.63) is 22.4 Å². The number of unbranched alkanes of at least 4 members (excludes halogenated alkanes) is 2. The van der Waals surface area contributed by atoms with Crippen LogP contribution >= 0.6 is 11.3 Å². The molecular formula is C16H26N2O2S. The number of hydrogen-bond acceptors (Lipinski definition) is 3. The molecule has 21 heavy (non-hydrogen) atoms. The second-order valence-corrected chi connectivity index (χ2v) is 6.35. The van der Waals surface area contributed by atoms with Crippen molar-refractivity contribution in [1.29, 1.82) is 0 Å². The monoisotopic (exact) mass is 310 g/mol. The predicted octanol–water partition coefficient (Wildman–Crippen LogP) is 3.23. The first-order valence-corrected chi connectivity index (χ1v) is 8.58. The van der Waals surface area contributed by atoms with Crippen molar-refractivity contribution in [2.24, 2.45) is 0 Å². The molecule has 0 aliphatic carbocycles. The summed E-state index contributed by atoms with van der Waals surface area (Å²) in [5.74, 6) is -0.109. The van der Waals surface area contributed by atoms with Crippen LogP contribution in [0, 0.1) is 0 Å². The standard InChI is InChI=1S/C16H26N2O2S/c1-3-4-5-7-13(2)18-16(20)10-9-15(19)17-12-14-8-6-11-21-14/h6,8,11,13H,3-5,7,9-10,12H2,1-2H3,(H,17,19)(H,18,20)/t13-/m1/s1. The summed E-state index contributed by atoms with van der Waals surface area (Å²) in [5.41, 5.74) is 0. The number of rotatable bonds is 10. The molecule has 1 heterocycles. The van der Waals surface area contributed by atoms with Gasteiger partial charge in [-0.2, -0.15) is 0 Å². The SMILES string of the molecule is CCCCC[C@@H](C)NC(=O)CCC(=O)NCc1cccs1. The molecule has 4 nitrogen and oxygen atoms in total. The minimum atomic E-state index is -0.0720. The number of hydrogen-bond donors (Lipinski definition) is 2. The molecule has 1 rings (SSSR count). The van der Waals surface area contributed by atoms with Gasteiger partial charge in [-0.05, 0) is 24.8 Å². The summed E-state index contributed by atoms with van der Waals surface area (Å²) in [6.07, 6.45) is 5.03. The zero-order chi connectivity index (χ0) is 15.5. The molecule has 0 bridgehead atoms. The lowest BCUT2D eigenvalue weighted by atomic mass is 10.1. The first-order valence-electron chi connectivity index (χ1n) is 7.70. The first-order chi connectivity index (χ1) is 10.1. The Kier molecular flexibility index (Phi) is 8.74. The Balaban J connectivity index is 2.09. The number of carbonyl (C=O) groups excluding carboxylic acids is 2. The number of amides is 2. The molecule has 5 heteroatoms. The van der Waals surface area contributed by atoms with Gasteiger partial charge in [0.05, 0.1) is 6.54 Å². The Morgan fingerprint density at radius 3 is 2.67 bits per heavy atom. The van der Waals surface area contributed by atoms with Gasteiger partial charge in [0.1, 0.15) is 0 Å². The number of carbonyl (C=O) groups is 2. The zero-order valence-corrected chi connectivity index (χ0v) is 13.8. The van der Waals surface area contributed by atoms with Crippen LogP contribution in [0.25, 0.3) is 0 Å². The maximum absolute atomic E-state index is 11.7. The van der Waals surface area contributed by atoms with Crippen LogP contribution in [0.15, 0.2) is 17.5 Å². The fourth-order valence-corrected chi connectivity index (χ4v) is 2.68. The van der Waals surface area contributed by atoms with Gasteiger partial charge in [-0.3, -0.25) is 9.59 Å². The van der Waals surface area contributed by atoms with E-state index in [2.05, 4.69) is 17.6 Å². The third-order valence-corrected chi connectivity index (χ3v) is 4.14. The van der Waals surface area contributed by atoms with Gasteiger partial charge in [-0.25, -0.2) is 0 Å². The van der Waals surface area contributed by atoms with Crippen molar-refractivity contribution < 1.29 is 9.59 Å². The lowest BCUT2D eigenvalue weighted by Gasteiger charge is -2.13. The van der Waals surface area contributed by atoms with E-state index in [1.807, 2.05) is 24.4 Å². The van der Waals surface area contributed by atoms with E-state index in [1.54, 1.807) is 11.3 Å². The van der Waals surface area contributed by atoms with E-state index in [4.69, 9.17) is 0 Å². The molecule has 1 atom stereocenters. The third-order valence-electron chi connectivity index (χ3n) is 3.27. The Hall–Kier alpha value is -1.36. The van der Waals surface area contributed by atoms with Gasteiger partial charge in [0, 0.05) is 23.8 Å². The summed E-state index contributed by atoms with van der Waals surface area (Å²) in [4.78, 5) is 24.5. The van der Waals surface area contributed by atoms with E-state index in [0.29, 0.717) is 6.54 Å². The zero-order valence-electron chi connectivity index (χ0n) is 13.0. The molecule has 2 N–H and O–H groups in total. The quantitative estimate of drug-likeness (QED) is 0.652. The van der Waals surface area contributed by atoms with Crippen LogP contribution in [0.5, 0.6) is 0 Å². The van der Waals surface area contributed by atoms with Crippen molar-refractivity contribution in [2.75, 3.05) is 0 Å². The van der Waals surface area contributed by atoms with Crippen LogP contribution in [0.1, 0.15) is 57.2 Å². The molecule has 0 saturated carbocycles. The van der Waals surface area contributed by atoms with Crippen molar-refractivity contribution in [1.82, 2.24) is 10.6 Å². The lowest BCUT2D eigenvalue weighted by molar-refractivity contribution is -0.126. The normalized spacial score (nSPS) is 11.9. The van der Waals surface area contributed by atoms with Crippen LogP contribution in [0.4, 0.5) is 0 Å². The smallest absolute Gasteiger partial charge is 0.220 e. The third kappa shape index (κ3) is 8.50. The molecule has 1 aromatic rings. The second kappa shape index (κ2) is 10.4. The van der Waals surface area contributed by atoms with Crippen LogP contribution in [0.2, 0.25) is 0 Å². The molecule has 0 radical (unpaired) electrons. The molecule has 0 spiro atoms. The largest absolute Gasteiger partial charge is 0.354 e. The van der Waals surface area contributed by atoms with Gasteiger partial charge in [-0.1, -0.05) is 32.3 Å². The Bertz CT molecular complexity index is 418. The van der Waals surface area contributed by atoms with E-state index in [1.165, 1.54) is 12.8 Å². The molecule has 0 unspecified atom stereocenters. The Morgan fingerprint density at radius 1 is 1.24 bits per heavy atom. The van der Waals surface area contributed by atoms with E-state index < -0.39 is 0 Å². The maximum atomic E-state index is 11.7. The fraction of sp³-hybridized carbons (Fsp3) is 0.625. The summed E-state index contributed by atoms with van der Waals surface area (Å²) in [7, 11) is 0. The molecule has 0 saturated heterocycles. The van der Waals surface area contributed by atoms with Crippen LogP contribution < -0.4 is 10.6 Å². The molecule has 2 amide bonds. The average Bonchev–Trinajstić information content (AvgIpc) is 2.96. The van der Waals surface area contributed by atoms with Gasteiger partial charge in [0.2, 0.25) is 11.8 Å². The first kappa shape index (κ1) is 17.7. The summed E-state index contributed by atoms with van der Waals surface area (Å²) >= 11 is 1.61. The van der Waals surface area contributed by atoms with E-state index in [0.717, 1.165) is 17.7 Å². The average molecular weight is 310 g/mol. The topological polar surface area (TPSA) is 58.2 Å². The lowest BCUT2D eigenvalue weighted by Crippen LogP contribution is -2.33. The van der Waals surface area contributed by atoms with E-state index in [-0.39, 0.29) is 30.7 Å². The highest BCUT2D eigenvalue weighted by Gasteiger charge is 2.09. The predicted molar refractivity (Wildman–Crippen MR) is 87.1 cm³/mol. The maximum Gasteiger partial charge on any atom is 0.220 e. The van der Waals surface area contributed by atoms with Crippen LogP contribution in [-0.2, 0) is 16.1 Å². The summed E-state index contributed by atoms with van der Waals surface area (Å²) < 4.78 is 0. The minimum Gasteiger partial charge on any atom is -0.354 e. The van der Waals surface area contributed by atoms with Crippen molar-refractivity contribution in [3.63, 3.8) is 0 Å². The molecule has 0 aliphatic heterocycles. The van der Waals surface area contributed by atoms with Crippen molar-refractivity contribution >= 4 is 23.2 Å². The van der Waals surface area contributed by atoms with Gasteiger partial charge in [0.15, 0.2) is 0 Å². The molecule has 0 aromatic carbocycles. The Labute approximate surface area is 131 Å². The summed E-state index contributed by atoms with van der Waals surface area (Å²) in [6, 6.07) is 4.13. The highest BCUT2D eigenvalue weighted by molar-refractivity contribution is 7.09. The molecule has 0 aliphatic rings. The fourth-order valence-electron chi connectivity index (χ4n) is 2.03. The molecule has 0 fully saturated rings. The Morgan fingerprint density at radius 2 is 2.00 bits per heavy atom.